The molecule has 82 valence electrons. The highest BCUT2D eigenvalue weighted by Crippen LogP contribution is 2.22. The van der Waals surface area contributed by atoms with Gasteiger partial charge in [0.15, 0.2) is 0 Å². The molecule has 0 aliphatic heterocycles. The third-order valence-electron chi connectivity index (χ3n) is 2.05. The Kier molecular flexibility index (Phi) is 2.40. The summed E-state index contributed by atoms with van der Waals surface area (Å²) in [6.07, 6.45) is 0. The molecule has 6 heteroatoms. The van der Waals surface area contributed by atoms with Gasteiger partial charge in [0, 0.05) is 5.56 Å². The van der Waals surface area contributed by atoms with Crippen LogP contribution in [0.1, 0.15) is 10.5 Å². The monoisotopic (exact) mass is 223 g/mol. The average Bonchev–Trinajstić information content (AvgIpc) is 2.70. The molecule has 1 amide bonds. The van der Waals surface area contributed by atoms with Gasteiger partial charge in [-0.25, -0.2) is 8.78 Å². The standard InChI is InChI=1S/C10H7F2N3O/c11-5-1-2-7(12)6(3-5)8-4-9(10(13)16)15-14-8/h1-4H,(H2,13,16)(H,14,15). The predicted molar refractivity (Wildman–Crippen MR) is 52.5 cm³/mol. The predicted octanol–water partition coefficient (Wildman–Crippen LogP) is 1.45. The lowest BCUT2D eigenvalue weighted by Gasteiger charge is -1.98. The third-order valence-corrected chi connectivity index (χ3v) is 2.05. The van der Waals surface area contributed by atoms with Crippen LogP contribution < -0.4 is 5.73 Å². The summed E-state index contributed by atoms with van der Waals surface area (Å²) in [6.45, 7) is 0. The van der Waals surface area contributed by atoms with Crippen LogP contribution in [0.3, 0.4) is 0 Å². The zero-order valence-electron chi connectivity index (χ0n) is 8.00. The van der Waals surface area contributed by atoms with E-state index in [1.165, 1.54) is 6.07 Å². The fourth-order valence-electron chi connectivity index (χ4n) is 1.28. The molecule has 0 radical (unpaired) electrons. The number of hydrogen-bond acceptors (Lipinski definition) is 2. The number of hydrogen-bond donors (Lipinski definition) is 2. The minimum absolute atomic E-state index is 0.0243. The molecule has 0 saturated carbocycles. The molecule has 0 saturated heterocycles. The molecule has 3 N–H and O–H groups in total. The zero-order valence-corrected chi connectivity index (χ0v) is 8.00. The van der Waals surface area contributed by atoms with E-state index in [0.717, 1.165) is 18.2 Å². The Hall–Kier alpha value is -2.24. The summed E-state index contributed by atoms with van der Waals surface area (Å²) < 4.78 is 26.2. The minimum Gasteiger partial charge on any atom is -0.364 e. The van der Waals surface area contributed by atoms with Crippen molar-refractivity contribution in [2.24, 2.45) is 5.73 Å². The summed E-state index contributed by atoms with van der Waals surface area (Å²) in [7, 11) is 0. The maximum atomic E-state index is 13.3. The largest absolute Gasteiger partial charge is 0.364 e. The van der Waals surface area contributed by atoms with Crippen molar-refractivity contribution in [1.29, 1.82) is 0 Å². The number of carbonyl (C=O) groups is 1. The van der Waals surface area contributed by atoms with E-state index in [-0.39, 0.29) is 17.0 Å². The van der Waals surface area contributed by atoms with Crippen LogP contribution in [0.4, 0.5) is 8.78 Å². The number of nitrogens with one attached hydrogen (secondary N) is 1. The molecule has 0 aliphatic rings. The molecule has 0 unspecified atom stereocenters. The number of amides is 1. The van der Waals surface area contributed by atoms with Crippen molar-refractivity contribution in [3.05, 3.63) is 41.6 Å². The van der Waals surface area contributed by atoms with Crippen LogP contribution in [0.25, 0.3) is 11.3 Å². The fourth-order valence-corrected chi connectivity index (χ4v) is 1.28. The van der Waals surface area contributed by atoms with E-state index < -0.39 is 17.5 Å². The van der Waals surface area contributed by atoms with Crippen molar-refractivity contribution in [3.63, 3.8) is 0 Å². The van der Waals surface area contributed by atoms with E-state index in [9.17, 15) is 13.6 Å². The normalized spacial score (nSPS) is 10.4. The van der Waals surface area contributed by atoms with Crippen LogP contribution in [0.2, 0.25) is 0 Å². The molecule has 1 heterocycles. The molecule has 2 rings (SSSR count). The van der Waals surface area contributed by atoms with Gasteiger partial charge in [-0.05, 0) is 24.3 Å². The van der Waals surface area contributed by atoms with Crippen LogP contribution in [-0.4, -0.2) is 16.1 Å². The molecule has 1 aromatic heterocycles. The van der Waals surface area contributed by atoms with Gasteiger partial charge < -0.3 is 5.73 Å². The second-order valence-electron chi connectivity index (χ2n) is 3.16. The molecule has 2 aromatic rings. The fraction of sp³-hybridized carbons (Fsp3) is 0. The van der Waals surface area contributed by atoms with E-state index in [0.29, 0.717) is 0 Å². The summed E-state index contributed by atoms with van der Waals surface area (Å²) in [5, 5.41) is 6.01. The van der Waals surface area contributed by atoms with Gasteiger partial charge >= 0.3 is 0 Å². The molecule has 0 fully saturated rings. The molecule has 16 heavy (non-hydrogen) atoms. The lowest BCUT2D eigenvalue weighted by atomic mass is 10.1. The van der Waals surface area contributed by atoms with Gasteiger partial charge in [-0.1, -0.05) is 0 Å². The van der Waals surface area contributed by atoms with Gasteiger partial charge in [-0.2, -0.15) is 5.10 Å². The van der Waals surface area contributed by atoms with Crippen LogP contribution in [0, 0.1) is 11.6 Å². The highest BCUT2D eigenvalue weighted by Gasteiger charge is 2.12. The topological polar surface area (TPSA) is 71.8 Å². The number of nitrogens with two attached hydrogens (primary N) is 1. The first kappa shape index (κ1) is 10.3. The Balaban J connectivity index is 2.50. The summed E-state index contributed by atoms with van der Waals surface area (Å²) in [5.74, 6) is -1.92. The van der Waals surface area contributed by atoms with Gasteiger partial charge in [0.2, 0.25) is 0 Å². The van der Waals surface area contributed by atoms with Crippen LogP contribution >= 0.6 is 0 Å². The van der Waals surface area contributed by atoms with Crippen molar-refractivity contribution in [3.8, 4) is 11.3 Å². The SMILES string of the molecule is NC(=O)c1cc(-c2cc(F)ccc2F)n[nH]1. The summed E-state index contributed by atoms with van der Waals surface area (Å²) in [6, 6.07) is 4.25. The van der Waals surface area contributed by atoms with Crippen molar-refractivity contribution in [2.75, 3.05) is 0 Å². The second kappa shape index (κ2) is 3.73. The first-order valence-electron chi connectivity index (χ1n) is 4.38. The zero-order chi connectivity index (χ0) is 11.7. The quantitative estimate of drug-likeness (QED) is 0.808. The second-order valence-corrected chi connectivity index (χ2v) is 3.16. The van der Waals surface area contributed by atoms with E-state index >= 15 is 0 Å². The minimum atomic E-state index is -0.712. The van der Waals surface area contributed by atoms with Gasteiger partial charge in [-0.3, -0.25) is 9.89 Å². The smallest absolute Gasteiger partial charge is 0.266 e. The van der Waals surface area contributed by atoms with E-state index in [1.807, 2.05) is 0 Å². The van der Waals surface area contributed by atoms with Crippen molar-refractivity contribution < 1.29 is 13.6 Å². The summed E-state index contributed by atoms with van der Waals surface area (Å²) >= 11 is 0. The van der Waals surface area contributed by atoms with Gasteiger partial charge in [-0.15, -0.1) is 0 Å². The molecule has 0 bridgehead atoms. The molecular formula is C10H7F2N3O. The molecule has 4 nitrogen and oxygen atoms in total. The Morgan fingerprint density at radius 2 is 2.06 bits per heavy atom. The van der Waals surface area contributed by atoms with Crippen molar-refractivity contribution in [1.82, 2.24) is 10.2 Å². The number of H-pyrrole nitrogens is 1. The Bertz CT molecular complexity index is 551. The molecule has 0 aliphatic carbocycles. The lowest BCUT2D eigenvalue weighted by Crippen LogP contribution is -2.10. The number of nitrogens with zero attached hydrogens (tertiary/aromatic N) is 1. The lowest BCUT2D eigenvalue weighted by molar-refractivity contribution is 0.0995. The van der Waals surface area contributed by atoms with E-state index in [2.05, 4.69) is 10.2 Å². The number of benzene rings is 1. The number of aromatic amines is 1. The van der Waals surface area contributed by atoms with Crippen LogP contribution in [0.5, 0.6) is 0 Å². The van der Waals surface area contributed by atoms with Crippen LogP contribution in [0.15, 0.2) is 24.3 Å². The highest BCUT2D eigenvalue weighted by molar-refractivity contribution is 5.91. The van der Waals surface area contributed by atoms with Crippen molar-refractivity contribution >= 4 is 5.91 Å². The summed E-state index contributed by atoms with van der Waals surface area (Å²) in [5.41, 5.74) is 5.14. The van der Waals surface area contributed by atoms with Gasteiger partial charge in [0.25, 0.3) is 5.91 Å². The molecule has 0 atom stereocenters. The highest BCUT2D eigenvalue weighted by atomic mass is 19.1. The molecule has 1 aromatic carbocycles. The number of rotatable bonds is 2. The maximum absolute atomic E-state index is 13.3. The van der Waals surface area contributed by atoms with Gasteiger partial charge in [0.1, 0.15) is 17.3 Å². The number of aromatic nitrogens is 2. The Morgan fingerprint density at radius 1 is 1.31 bits per heavy atom. The summed E-state index contributed by atoms with van der Waals surface area (Å²) in [4.78, 5) is 10.8. The third kappa shape index (κ3) is 1.77. The Labute approximate surface area is 89.1 Å². The first-order chi connectivity index (χ1) is 7.58. The average molecular weight is 223 g/mol. The number of carbonyl (C=O) groups excluding carboxylic acids is 1. The van der Waals surface area contributed by atoms with E-state index in [1.54, 1.807) is 0 Å². The molecule has 0 spiro atoms. The van der Waals surface area contributed by atoms with E-state index in [4.69, 9.17) is 5.73 Å². The Morgan fingerprint density at radius 3 is 2.69 bits per heavy atom. The van der Waals surface area contributed by atoms with Gasteiger partial charge in [0.05, 0.1) is 5.69 Å². The maximum Gasteiger partial charge on any atom is 0.266 e. The number of halogens is 2. The van der Waals surface area contributed by atoms with Crippen molar-refractivity contribution in [2.45, 2.75) is 0 Å². The van der Waals surface area contributed by atoms with Crippen LogP contribution in [-0.2, 0) is 0 Å². The number of primary amides is 1. The first-order valence-corrected chi connectivity index (χ1v) is 4.38. The molecular weight excluding hydrogens is 216 g/mol.